The van der Waals surface area contributed by atoms with E-state index < -0.39 is 5.63 Å². The molecule has 1 heterocycles. The third-order valence-electron chi connectivity index (χ3n) is 3.11. The van der Waals surface area contributed by atoms with Crippen molar-refractivity contribution in [1.29, 1.82) is 0 Å². The second-order valence-electron chi connectivity index (χ2n) is 4.61. The number of halogens is 1. The van der Waals surface area contributed by atoms with Crippen molar-refractivity contribution in [2.75, 3.05) is 0 Å². The first-order valence-corrected chi connectivity index (χ1v) is 6.38. The SMILES string of the molecule is C=c1ccccc1=c1[nH]/c(=C\c2ccc(F)cc2)c(=O)o1. The van der Waals surface area contributed by atoms with Crippen LogP contribution in [0.4, 0.5) is 4.39 Å². The average Bonchev–Trinajstić information content (AvgIpc) is 2.83. The Morgan fingerprint density at radius 1 is 1.10 bits per heavy atom. The Morgan fingerprint density at radius 3 is 2.52 bits per heavy atom. The monoisotopic (exact) mass is 281 g/mol. The van der Waals surface area contributed by atoms with Gasteiger partial charge < -0.3 is 9.40 Å². The zero-order valence-electron chi connectivity index (χ0n) is 11.1. The predicted octanol–water partition coefficient (Wildman–Crippen LogP) is 1.63. The minimum Gasteiger partial charge on any atom is -0.404 e. The standard InChI is InChI=1S/C17H12FNO2/c1-11-4-2-3-5-14(11)16-19-15(17(20)21-16)10-12-6-8-13(18)9-7-12/h2-10,19H,1H2/b15-10-,16-14?. The first-order valence-electron chi connectivity index (χ1n) is 6.38. The molecule has 0 aliphatic heterocycles. The summed E-state index contributed by atoms with van der Waals surface area (Å²) in [7, 11) is 0. The zero-order valence-corrected chi connectivity index (χ0v) is 11.1. The fourth-order valence-corrected chi connectivity index (χ4v) is 2.03. The molecule has 0 aliphatic carbocycles. The van der Waals surface area contributed by atoms with Gasteiger partial charge in [-0.3, -0.25) is 0 Å². The van der Waals surface area contributed by atoms with Crippen LogP contribution >= 0.6 is 0 Å². The van der Waals surface area contributed by atoms with E-state index in [1.807, 2.05) is 24.3 Å². The van der Waals surface area contributed by atoms with Crippen LogP contribution < -0.4 is 16.2 Å². The van der Waals surface area contributed by atoms with Crippen molar-refractivity contribution in [1.82, 2.24) is 4.98 Å². The van der Waals surface area contributed by atoms with Gasteiger partial charge in [0.1, 0.15) is 11.2 Å². The molecule has 0 atom stereocenters. The van der Waals surface area contributed by atoms with Crippen LogP contribution in [0.25, 0.3) is 12.7 Å². The number of nitrogens with one attached hydrogen (secondary N) is 1. The molecule has 0 aliphatic rings. The van der Waals surface area contributed by atoms with Crippen molar-refractivity contribution < 1.29 is 8.81 Å². The highest BCUT2D eigenvalue weighted by Gasteiger charge is 1.98. The normalized spacial score (nSPS) is 13.5. The summed E-state index contributed by atoms with van der Waals surface area (Å²) in [5.74, 6) is -0.322. The summed E-state index contributed by atoms with van der Waals surface area (Å²) in [4.78, 5) is 14.8. The van der Waals surface area contributed by atoms with E-state index in [4.69, 9.17) is 4.42 Å². The number of hydrogen-bond donors (Lipinski definition) is 1. The van der Waals surface area contributed by atoms with Gasteiger partial charge >= 0.3 is 5.63 Å². The largest absolute Gasteiger partial charge is 0.404 e. The molecule has 4 heteroatoms. The second kappa shape index (κ2) is 5.25. The summed E-state index contributed by atoms with van der Waals surface area (Å²) in [6, 6.07) is 13.2. The van der Waals surface area contributed by atoms with Crippen molar-refractivity contribution in [2.45, 2.75) is 0 Å². The molecular weight excluding hydrogens is 269 g/mol. The topological polar surface area (TPSA) is 46.0 Å². The van der Waals surface area contributed by atoms with Crippen LogP contribution in [-0.2, 0) is 0 Å². The maximum Gasteiger partial charge on any atom is 0.361 e. The Labute approximate surface area is 119 Å². The lowest BCUT2D eigenvalue weighted by molar-refractivity contribution is 0.489. The fraction of sp³-hybridized carbons (Fsp3) is 0. The van der Waals surface area contributed by atoms with Crippen molar-refractivity contribution in [3.05, 3.63) is 91.7 Å². The first-order chi connectivity index (χ1) is 10.1. The highest BCUT2D eigenvalue weighted by atomic mass is 19.1. The van der Waals surface area contributed by atoms with Gasteiger partial charge in [-0.25, -0.2) is 9.18 Å². The Kier molecular flexibility index (Phi) is 3.28. The van der Waals surface area contributed by atoms with E-state index in [0.717, 1.165) is 10.4 Å². The van der Waals surface area contributed by atoms with E-state index in [0.29, 0.717) is 16.5 Å². The van der Waals surface area contributed by atoms with E-state index in [2.05, 4.69) is 11.6 Å². The van der Waals surface area contributed by atoms with Crippen LogP contribution in [0.3, 0.4) is 0 Å². The second-order valence-corrected chi connectivity index (χ2v) is 4.61. The van der Waals surface area contributed by atoms with E-state index >= 15 is 0 Å². The molecule has 104 valence electrons. The number of H-pyrrole nitrogens is 1. The molecule has 1 aromatic heterocycles. The lowest BCUT2D eigenvalue weighted by Gasteiger charge is -1.90. The molecule has 21 heavy (non-hydrogen) atoms. The lowest BCUT2D eigenvalue weighted by Crippen LogP contribution is -2.20. The Morgan fingerprint density at radius 2 is 1.81 bits per heavy atom. The van der Waals surface area contributed by atoms with Gasteiger partial charge in [0, 0.05) is 5.22 Å². The van der Waals surface area contributed by atoms with Crippen LogP contribution in [0.5, 0.6) is 0 Å². The molecule has 3 nitrogen and oxygen atoms in total. The molecule has 0 spiro atoms. The van der Waals surface area contributed by atoms with Crippen LogP contribution in [0, 0.1) is 16.6 Å². The number of benzene rings is 2. The number of hydrogen-bond acceptors (Lipinski definition) is 2. The molecule has 3 rings (SSSR count). The van der Waals surface area contributed by atoms with Gasteiger partial charge in [-0.1, -0.05) is 36.9 Å². The maximum absolute atomic E-state index is 12.9. The van der Waals surface area contributed by atoms with Gasteiger partial charge in [0.05, 0.1) is 0 Å². The van der Waals surface area contributed by atoms with Crippen molar-refractivity contribution in [3.63, 3.8) is 0 Å². The molecule has 0 amide bonds. The average molecular weight is 281 g/mol. The molecular formula is C17H12FNO2. The van der Waals surface area contributed by atoms with Gasteiger partial charge in [0.2, 0.25) is 5.55 Å². The third kappa shape index (κ3) is 2.69. The van der Waals surface area contributed by atoms with Crippen LogP contribution in [0.1, 0.15) is 5.56 Å². The number of rotatable bonds is 1. The fourth-order valence-electron chi connectivity index (χ4n) is 2.03. The number of aromatic nitrogens is 1. The molecule has 0 unspecified atom stereocenters. The summed E-state index contributed by atoms with van der Waals surface area (Å²) in [6.45, 7) is 3.90. The van der Waals surface area contributed by atoms with Gasteiger partial charge in [0.25, 0.3) is 0 Å². The lowest BCUT2D eigenvalue weighted by atomic mass is 10.2. The van der Waals surface area contributed by atoms with Crippen molar-refractivity contribution in [3.8, 4) is 0 Å². The number of aromatic amines is 1. The number of oxazole rings is 1. The molecule has 0 saturated heterocycles. The minimum atomic E-state index is -0.474. The van der Waals surface area contributed by atoms with E-state index in [1.54, 1.807) is 18.2 Å². The highest BCUT2D eigenvalue weighted by Crippen LogP contribution is 2.02. The summed E-state index contributed by atoms with van der Waals surface area (Å²) < 4.78 is 18.1. The van der Waals surface area contributed by atoms with E-state index in [-0.39, 0.29) is 5.82 Å². The van der Waals surface area contributed by atoms with Gasteiger partial charge in [0.15, 0.2) is 0 Å². The first kappa shape index (κ1) is 13.1. The molecule has 2 aromatic carbocycles. The summed E-state index contributed by atoms with van der Waals surface area (Å²) in [5, 5.41) is 1.80. The quantitative estimate of drug-likeness (QED) is 0.737. The molecule has 3 aromatic rings. The van der Waals surface area contributed by atoms with E-state index in [1.165, 1.54) is 12.1 Å². The van der Waals surface area contributed by atoms with Gasteiger partial charge in [-0.05, 0) is 35.1 Å². The maximum atomic E-state index is 12.9. The van der Waals surface area contributed by atoms with Crippen LogP contribution in [0.2, 0.25) is 0 Å². The molecule has 0 fully saturated rings. The summed E-state index contributed by atoms with van der Waals surface area (Å²) in [5.41, 5.74) is 0.594. The molecule has 0 radical (unpaired) electrons. The summed E-state index contributed by atoms with van der Waals surface area (Å²) in [6.07, 6.45) is 1.61. The Balaban J connectivity index is 2.27. The molecule has 1 N–H and O–H groups in total. The molecule has 0 saturated carbocycles. The Bertz CT molecular complexity index is 1030. The predicted molar refractivity (Wildman–Crippen MR) is 78.2 cm³/mol. The molecule has 0 bridgehead atoms. The minimum absolute atomic E-state index is 0.305. The highest BCUT2D eigenvalue weighted by molar-refractivity contribution is 5.47. The zero-order chi connectivity index (χ0) is 14.8. The summed E-state index contributed by atoms with van der Waals surface area (Å²) >= 11 is 0. The smallest absolute Gasteiger partial charge is 0.361 e. The van der Waals surface area contributed by atoms with Crippen molar-refractivity contribution in [2.24, 2.45) is 0 Å². The third-order valence-corrected chi connectivity index (χ3v) is 3.11. The van der Waals surface area contributed by atoms with Crippen LogP contribution in [-0.4, -0.2) is 4.98 Å². The van der Waals surface area contributed by atoms with E-state index in [9.17, 15) is 9.18 Å². The Hall–Kier alpha value is -2.88. The van der Waals surface area contributed by atoms with Crippen molar-refractivity contribution >= 4 is 12.7 Å². The van der Waals surface area contributed by atoms with Gasteiger partial charge in [-0.15, -0.1) is 0 Å². The van der Waals surface area contributed by atoms with Crippen LogP contribution in [0.15, 0.2) is 57.7 Å². The van der Waals surface area contributed by atoms with Gasteiger partial charge in [-0.2, -0.15) is 0 Å².